The SMILES string of the molecule is CCOc1ccccc1C1=N/C(=C/c2cccc(F)c2)C(=O)O1. The van der Waals surface area contributed by atoms with E-state index in [0.717, 1.165) is 0 Å². The van der Waals surface area contributed by atoms with Gasteiger partial charge in [-0.15, -0.1) is 0 Å². The largest absolute Gasteiger partial charge is 0.493 e. The van der Waals surface area contributed by atoms with Crippen LogP contribution in [0.3, 0.4) is 0 Å². The average Bonchev–Trinajstić information content (AvgIpc) is 2.89. The van der Waals surface area contributed by atoms with Gasteiger partial charge in [0.15, 0.2) is 5.70 Å². The van der Waals surface area contributed by atoms with Crippen molar-refractivity contribution in [3.8, 4) is 5.75 Å². The Morgan fingerprint density at radius 3 is 2.83 bits per heavy atom. The second-order valence-electron chi connectivity index (χ2n) is 4.82. The number of benzene rings is 2. The van der Waals surface area contributed by atoms with E-state index < -0.39 is 5.97 Å². The molecule has 3 rings (SSSR count). The first kappa shape index (κ1) is 15.0. The first-order valence-corrected chi connectivity index (χ1v) is 7.17. The molecule has 0 atom stereocenters. The number of halogens is 1. The number of hydrogen-bond donors (Lipinski definition) is 0. The molecule has 0 bridgehead atoms. The standard InChI is InChI=1S/C18H14FNO3/c1-2-22-16-9-4-3-8-14(16)17-20-15(18(21)23-17)11-12-6-5-7-13(19)10-12/h3-11H,2H2,1H3/b15-11+. The van der Waals surface area contributed by atoms with Crippen molar-refractivity contribution >= 4 is 17.9 Å². The number of rotatable bonds is 4. The van der Waals surface area contributed by atoms with Crippen LogP contribution in [-0.4, -0.2) is 18.5 Å². The van der Waals surface area contributed by atoms with E-state index in [4.69, 9.17) is 9.47 Å². The van der Waals surface area contributed by atoms with Gasteiger partial charge in [0, 0.05) is 0 Å². The highest BCUT2D eigenvalue weighted by atomic mass is 19.1. The normalized spacial score (nSPS) is 15.5. The predicted molar refractivity (Wildman–Crippen MR) is 84.6 cm³/mol. The average molecular weight is 311 g/mol. The summed E-state index contributed by atoms with van der Waals surface area (Å²) in [6.07, 6.45) is 1.49. The molecule has 4 nitrogen and oxygen atoms in total. The second-order valence-corrected chi connectivity index (χ2v) is 4.82. The quantitative estimate of drug-likeness (QED) is 0.640. The van der Waals surface area contributed by atoms with E-state index in [1.54, 1.807) is 24.3 Å². The van der Waals surface area contributed by atoms with Gasteiger partial charge >= 0.3 is 5.97 Å². The van der Waals surface area contributed by atoms with Crippen LogP contribution >= 0.6 is 0 Å². The van der Waals surface area contributed by atoms with Crippen LogP contribution in [0.5, 0.6) is 5.75 Å². The van der Waals surface area contributed by atoms with Crippen molar-refractivity contribution in [3.05, 3.63) is 71.2 Å². The van der Waals surface area contributed by atoms with Gasteiger partial charge in [-0.2, -0.15) is 0 Å². The molecule has 23 heavy (non-hydrogen) atoms. The highest BCUT2D eigenvalue weighted by Gasteiger charge is 2.26. The molecule has 0 amide bonds. The zero-order valence-corrected chi connectivity index (χ0v) is 12.5. The number of carbonyl (C=O) groups is 1. The van der Waals surface area contributed by atoms with Gasteiger partial charge in [0.25, 0.3) is 0 Å². The number of ether oxygens (including phenoxy) is 2. The molecule has 1 aliphatic rings. The molecule has 0 saturated heterocycles. The van der Waals surface area contributed by atoms with E-state index in [1.165, 1.54) is 18.2 Å². The monoisotopic (exact) mass is 311 g/mol. The lowest BCUT2D eigenvalue weighted by Crippen LogP contribution is -2.07. The first-order valence-electron chi connectivity index (χ1n) is 7.17. The van der Waals surface area contributed by atoms with E-state index in [9.17, 15) is 9.18 Å². The topological polar surface area (TPSA) is 47.9 Å². The first-order chi connectivity index (χ1) is 11.2. The third kappa shape index (κ3) is 3.29. The third-order valence-corrected chi connectivity index (χ3v) is 3.19. The van der Waals surface area contributed by atoms with E-state index in [2.05, 4.69) is 4.99 Å². The Kier molecular flexibility index (Phi) is 4.19. The van der Waals surface area contributed by atoms with Gasteiger partial charge in [0.1, 0.15) is 11.6 Å². The van der Waals surface area contributed by atoms with Crippen LogP contribution in [0.1, 0.15) is 18.1 Å². The summed E-state index contributed by atoms with van der Waals surface area (Å²) in [5, 5.41) is 0. The van der Waals surface area contributed by atoms with Crippen molar-refractivity contribution in [2.75, 3.05) is 6.61 Å². The maximum atomic E-state index is 13.2. The number of aliphatic imine (C=N–C) groups is 1. The van der Waals surface area contributed by atoms with Crippen LogP contribution in [-0.2, 0) is 9.53 Å². The fourth-order valence-corrected chi connectivity index (χ4v) is 2.20. The number of hydrogen-bond acceptors (Lipinski definition) is 4. The zero-order valence-electron chi connectivity index (χ0n) is 12.5. The summed E-state index contributed by atoms with van der Waals surface area (Å²) < 4.78 is 24.0. The van der Waals surface area contributed by atoms with Crippen molar-refractivity contribution in [1.29, 1.82) is 0 Å². The van der Waals surface area contributed by atoms with Crippen LogP contribution in [0.2, 0.25) is 0 Å². The summed E-state index contributed by atoms with van der Waals surface area (Å²) in [6, 6.07) is 13.1. The van der Waals surface area contributed by atoms with E-state index in [1.807, 2.05) is 19.1 Å². The van der Waals surface area contributed by atoms with E-state index >= 15 is 0 Å². The molecule has 0 aliphatic carbocycles. The molecule has 116 valence electrons. The lowest BCUT2D eigenvalue weighted by Gasteiger charge is -2.08. The smallest absolute Gasteiger partial charge is 0.363 e. The van der Waals surface area contributed by atoms with Crippen molar-refractivity contribution in [1.82, 2.24) is 0 Å². The molecule has 0 saturated carbocycles. The minimum atomic E-state index is -0.574. The molecule has 2 aromatic carbocycles. The van der Waals surface area contributed by atoms with Gasteiger partial charge in [-0.3, -0.25) is 0 Å². The third-order valence-electron chi connectivity index (χ3n) is 3.19. The Balaban J connectivity index is 1.96. The molecular formula is C18H14FNO3. The number of para-hydroxylation sites is 1. The summed E-state index contributed by atoms with van der Waals surface area (Å²) in [6.45, 7) is 2.36. The van der Waals surface area contributed by atoms with Gasteiger partial charge in [-0.25, -0.2) is 14.2 Å². The summed E-state index contributed by atoms with van der Waals surface area (Å²) in [5.74, 6) is -0.178. The fraction of sp³-hybridized carbons (Fsp3) is 0.111. The Morgan fingerprint density at radius 2 is 2.04 bits per heavy atom. The molecule has 1 heterocycles. The highest BCUT2D eigenvalue weighted by Crippen LogP contribution is 2.25. The van der Waals surface area contributed by atoms with Crippen molar-refractivity contribution in [3.63, 3.8) is 0 Å². The molecule has 0 N–H and O–H groups in total. The van der Waals surface area contributed by atoms with Crippen LogP contribution in [0.4, 0.5) is 4.39 Å². The van der Waals surface area contributed by atoms with E-state index in [0.29, 0.717) is 23.5 Å². The molecule has 1 aliphatic heterocycles. The number of carbonyl (C=O) groups excluding carboxylic acids is 1. The van der Waals surface area contributed by atoms with Gasteiger partial charge in [0.2, 0.25) is 5.90 Å². The minimum absolute atomic E-state index is 0.122. The molecular weight excluding hydrogens is 297 g/mol. The maximum absolute atomic E-state index is 13.2. The molecule has 2 aromatic rings. The molecule has 0 spiro atoms. The molecule has 0 unspecified atom stereocenters. The van der Waals surface area contributed by atoms with Crippen molar-refractivity contribution in [2.45, 2.75) is 6.92 Å². The van der Waals surface area contributed by atoms with Gasteiger partial charge in [0.05, 0.1) is 12.2 Å². The van der Waals surface area contributed by atoms with Crippen LogP contribution < -0.4 is 4.74 Å². The van der Waals surface area contributed by atoms with Crippen LogP contribution in [0.15, 0.2) is 59.2 Å². The summed E-state index contributed by atoms with van der Waals surface area (Å²) in [5.41, 5.74) is 1.27. The minimum Gasteiger partial charge on any atom is -0.493 e. The van der Waals surface area contributed by atoms with Crippen LogP contribution in [0, 0.1) is 5.82 Å². The Morgan fingerprint density at radius 1 is 1.22 bits per heavy atom. The summed E-state index contributed by atoms with van der Waals surface area (Å²) in [4.78, 5) is 16.2. The number of esters is 1. The lowest BCUT2D eigenvalue weighted by atomic mass is 10.2. The second kappa shape index (κ2) is 6.44. The van der Waals surface area contributed by atoms with Crippen LogP contribution in [0.25, 0.3) is 6.08 Å². The molecule has 0 fully saturated rings. The Hall–Kier alpha value is -2.95. The van der Waals surface area contributed by atoms with Crippen molar-refractivity contribution < 1.29 is 18.7 Å². The van der Waals surface area contributed by atoms with Gasteiger partial charge in [-0.05, 0) is 42.8 Å². The van der Waals surface area contributed by atoms with Crippen molar-refractivity contribution in [2.24, 2.45) is 4.99 Å². The fourth-order valence-electron chi connectivity index (χ4n) is 2.20. The highest BCUT2D eigenvalue weighted by molar-refractivity contribution is 6.13. The van der Waals surface area contributed by atoms with Gasteiger partial charge < -0.3 is 9.47 Å². The number of cyclic esters (lactones) is 1. The molecule has 0 radical (unpaired) electrons. The molecule has 5 heteroatoms. The van der Waals surface area contributed by atoms with Gasteiger partial charge in [-0.1, -0.05) is 24.3 Å². The molecule has 0 aromatic heterocycles. The summed E-state index contributed by atoms with van der Waals surface area (Å²) in [7, 11) is 0. The number of nitrogens with zero attached hydrogens (tertiary/aromatic N) is 1. The lowest BCUT2D eigenvalue weighted by molar-refractivity contribution is -0.129. The summed E-state index contributed by atoms with van der Waals surface area (Å²) >= 11 is 0. The predicted octanol–water partition coefficient (Wildman–Crippen LogP) is 3.57. The van der Waals surface area contributed by atoms with E-state index in [-0.39, 0.29) is 17.4 Å². The Labute approximate surface area is 132 Å². The maximum Gasteiger partial charge on any atom is 0.363 e. The zero-order chi connectivity index (χ0) is 16.2. The Bertz CT molecular complexity index is 811.